The second-order valence-corrected chi connectivity index (χ2v) is 5.42. The molecule has 2 aromatic heterocycles. The lowest BCUT2D eigenvalue weighted by Gasteiger charge is -2.05. The van der Waals surface area contributed by atoms with Crippen molar-refractivity contribution < 1.29 is 9.53 Å². The van der Waals surface area contributed by atoms with Crippen LogP contribution in [0.3, 0.4) is 0 Å². The molecule has 25 heavy (non-hydrogen) atoms. The number of methoxy groups -OCH3 is 1. The molecule has 6 heteroatoms. The van der Waals surface area contributed by atoms with Gasteiger partial charge in [0.15, 0.2) is 0 Å². The van der Waals surface area contributed by atoms with Gasteiger partial charge in [-0.3, -0.25) is 4.79 Å². The zero-order valence-corrected chi connectivity index (χ0v) is 13.9. The standard InChI is InChI=1S/C19H16N4O2/c1-13-4-3-9-23-16(12-21-18(13)23)10-14(11-20)19(24)22-15-5-7-17(25-2)8-6-15/h3-10,12H,1-2H3,(H,22,24)/b14-10+. The van der Waals surface area contributed by atoms with E-state index in [1.807, 2.05) is 35.7 Å². The predicted molar refractivity (Wildman–Crippen MR) is 95.1 cm³/mol. The number of carbonyl (C=O) groups excluding carboxylic acids is 1. The van der Waals surface area contributed by atoms with Gasteiger partial charge in [-0.2, -0.15) is 5.26 Å². The maximum absolute atomic E-state index is 12.4. The summed E-state index contributed by atoms with van der Waals surface area (Å²) in [4.78, 5) is 16.7. The number of aromatic nitrogens is 2. The zero-order chi connectivity index (χ0) is 17.8. The van der Waals surface area contributed by atoms with Crippen molar-refractivity contribution in [2.24, 2.45) is 0 Å². The largest absolute Gasteiger partial charge is 0.497 e. The number of aryl methyl sites for hydroxylation is 1. The topological polar surface area (TPSA) is 79.4 Å². The lowest BCUT2D eigenvalue weighted by atomic mass is 10.2. The molecule has 0 unspecified atom stereocenters. The van der Waals surface area contributed by atoms with Crippen LogP contribution in [0.2, 0.25) is 0 Å². The summed E-state index contributed by atoms with van der Waals surface area (Å²) < 4.78 is 6.92. The summed E-state index contributed by atoms with van der Waals surface area (Å²) in [5, 5.41) is 12.1. The van der Waals surface area contributed by atoms with Gasteiger partial charge in [-0.15, -0.1) is 0 Å². The molecule has 124 valence electrons. The number of rotatable bonds is 4. The highest BCUT2D eigenvalue weighted by molar-refractivity contribution is 6.09. The Bertz CT molecular complexity index is 994. The number of nitrogens with one attached hydrogen (secondary N) is 1. The molecule has 1 aromatic carbocycles. The number of benzene rings is 1. The summed E-state index contributed by atoms with van der Waals surface area (Å²) in [5.41, 5.74) is 3.06. The molecule has 0 aliphatic rings. The monoisotopic (exact) mass is 332 g/mol. The molecule has 0 aliphatic heterocycles. The minimum atomic E-state index is -0.477. The number of hydrogen-bond acceptors (Lipinski definition) is 4. The second kappa shape index (κ2) is 6.89. The first-order chi connectivity index (χ1) is 12.1. The van der Waals surface area contributed by atoms with E-state index in [-0.39, 0.29) is 5.57 Å². The molecule has 6 nitrogen and oxygen atoms in total. The van der Waals surface area contributed by atoms with Crippen LogP contribution in [-0.4, -0.2) is 22.4 Å². The molecule has 3 rings (SSSR count). The number of fused-ring (bicyclic) bond motifs is 1. The van der Waals surface area contributed by atoms with Gasteiger partial charge in [0.2, 0.25) is 0 Å². The van der Waals surface area contributed by atoms with E-state index in [0.29, 0.717) is 17.1 Å². The van der Waals surface area contributed by atoms with Crippen LogP contribution < -0.4 is 10.1 Å². The highest BCUT2D eigenvalue weighted by Crippen LogP contribution is 2.17. The third-order valence-corrected chi connectivity index (χ3v) is 3.76. The van der Waals surface area contributed by atoms with Crippen molar-refractivity contribution in [3.63, 3.8) is 0 Å². The van der Waals surface area contributed by atoms with E-state index in [0.717, 1.165) is 11.2 Å². The van der Waals surface area contributed by atoms with Crippen LogP contribution in [-0.2, 0) is 4.79 Å². The molecule has 0 bridgehead atoms. The van der Waals surface area contributed by atoms with Crippen LogP contribution in [0.1, 0.15) is 11.3 Å². The first kappa shape index (κ1) is 16.3. The van der Waals surface area contributed by atoms with Crippen molar-refractivity contribution in [2.45, 2.75) is 6.92 Å². The molecule has 1 amide bonds. The van der Waals surface area contributed by atoms with Gasteiger partial charge < -0.3 is 14.5 Å². The molecule has 0 saturated heterocycles. The lowest BCUT2D eigenvalue weighted by molar-refractivity contribution is -0.112. The predicted octanol–water partition coefficient (Wildman–Crippen LogP) is 3.20. The first-order valence-corrected chi connectivity index (χ1v) is 7.62. The summed E-state index contributed by atoms with van der Waals surface area (Å²) >= 11 is 0. The number of carbonyl (C=O) groups is 1. The average molecular weight is 332 g/mol. The minimum Gasteiger partial charge on any atom is -0.497 e. The third-order valence-electron chi connectivity index (χ3n) is 3.76. The Morgan fingerprint density at radius 1 is 1.32 bits per heavy atom. The van der Waals surface area contributed by atoms with Crippen molar-refractivity contribution in [1.82, 2.24) is 9.38 Å². The number of nitriles is 1. The van der Waals surface area contributed by atoms with E-state index in [4.69, 9.17) is 4.74 Å². The number of nitrogens with zero attached hydrogens (tertiary/aromatic N) is 3. The van der Waals surface area contributed by atoms with Crippen LogP contribution in [0.4, 0.5) is 5.69 Å². The molecule has 3 aromatic rings. The van der Waals surface area contributed by atoms with E-state index < -0.39 is 5.91 Å². The van der Waals surface area contributed by atoms with Gasteiger partial charge >= 0.3 is 0 Å². The summed E-state index contributed by atoms with van der Waals surface area (Å²) in [6.45, 7) is 1.96. The van der Waals surface area contributed by atoms with Crippen LogP contribution in [0.15, 0.2) is 54.4 Å². The Morgan fingerprint density at radius 2 is 2.08 bits per heavy atom. The molecule has 0 fully saturated rings. The van der Waals surface area contributed by atoms with E-state index in [2.05, 4.69) is 10.3 Å². The fourth-order valence-electron chi connectivity index (χ4n) is 2.45. The molecule has 0 aliphatic carbocycles. The first-order valence-electron chi connectivity index (χ1n) is 7.62. The average Bonchev–Trinajstić information content (AvgIpc) is 3.04. The Morgan fingerprint density at radius 3 is 2.76 bits per heavy atom. The Kier molecular flexibility index (Phi) is 4.48. The third kappa shape index (κ3) is 3.35. The Labute approximate surface area is 145 Å². The van der Waals surface area contributed by atoms with Crippen molar-refractivity contribution in [3.8, 4) is 11.8 Å². The maximum Gasteiger partial charge on any atom is 0.266 e. The molecule has 2 heterocycles. The van der Waals surface area contributed by atoms with Crippen molar-refractivity contribution >= 4 is 23.3 Å². The molecular formula is C19H16N4O2. The van der Waals surface area contributed by atoms with Gasteiger partial charge in [0.05, 0.1) is 19.0 Å². The second-order valence-electron chi connectivity index (χ2n) is 5.42. The van der Waals surface area contributed by atoms with E-state index in [1.54, 1.807) is 37.6 Å². The fraction of sp³-hybridized carbons (Fsp3) is 0.105. The van der Waals surface area contributed by atoms with Crippen LogP contribution in [0.5, 0.6) is 5.75 Å². The number of anilines is 1. The highest BCUT2D eigenvalue weighted by atomic mass is 16.5. The van der Waals surface area contributed by atoms with E-state index in [1.165, 1.54) is 6.08 Å². The van der Waals surface area contributed by atoms with Crippen LogP contribution >= 0.6 is 0 Å². The summed E-state index contributed by atoms with van der Waals surface area (Å²) in [5.74, 6) is 0.213. The van der Waals surface area contributed by atoms with Gasteiger partial charge in [-0.25, -0.2) is 4.98 Å². The molecule has 1 N–H and O–H groups in total. The smallest absolute Gasteiger partial charge is 0.266 e. The normalized spacial score (nSPS) is 11.2. The van der Waals surface area contributed by atoms with Gasteiger partial charge in [0, 0.05) is 11.9 Å². The van der Waals surface area contributed by atoms with E-state index in [9.17, 15) is 10.1 Å². The van der Waals surface area contributed by atoms with Crippen LogP contribution in [0, 0.1) is 18.3 Å². The molecular weight excluding hydrogens is 316 g/mol. The fourth-order valence-corrected chi connectivity index (χ4v) is 2.45. The quantitative estimate of drug-likeness (QED) is 0.588. The number of ether oxygens (including phenoxy) is 1. The highest BCUT2D eigenvalue weighted by Gasteiger charge is 2.11. The zero-order valence-electron chi connectivity index (χ0n) is 13.9. The Balaban J connectivity index is 1.87. The molecule has 0 saturated carbocycles. The SMILES string of the molecule is COc1ccc(NC(=O)/C(C#N)=C/c2cnc3c(C)cccn23)cc1. The number of pyridine rings is 1. The molecule has 0 atom stereocenters. The van der Waals surface area contributed by atoms with Crippen molar-refractivity contribution in [2.75, 3.05) is 12.4 Å². The number of imidazole rings is 1. The number of amides is 1. The van der Waals surface area contributed by atoms with Gasteiger partial charge in [-0.05, 0) is 48.9 Å². The minimum absolute atomic E-state index is 0.000811. The summed E-state index contributed by atoms with van der Waals surface area (Å²) in [7, 11) is 1.57. The van der Waals surface area contributed by atoms with Crippen LogP contribution in [0.25, 0.3) is 11.7 Å². The van der Waals surface area contributed by atoms with Gasteiger partial charge in [-0.1, -0.05) is 6.07 Å². The van der Waals surface area contributed by atoms with Gasteiger partial charge in [0.25, 0.3) is 5.91 Å². The Hall–Kier alpha value is -3.59. The molecule has 0 spiro atoms. The lowest BCUT2D eigenvalue weighted by Crippen LogP contribution is -2.13. The summed E-state index contributed by atoms with van der Waals surface area (Å²) in [6, 6.07) is 12.7. The van der Waals surface area contributed by atoms with Gasteiger partial charge in [0.1, 0.15) is 23.0 Å². The molecule has 0 radical (unpaired) electrons. The van der Waals surface area contributed by atoms with E-state index >= 15 is 0 Å². The summed E-state index contributed by atoms with van der Waals surface area (Å²) in [6.07, 6.45) is 5.01. The van der Waals surface area contributed by atoms with Crippen molar-refractivity contribution in [1.29, 1.82) is 5.26 Å². The number of hydrogen-bond donors (Lipinski definition) is 1. The maximum atomic E-state index is 12.4. The van der Waals surface area contributed by atoms with Crippen molar-refractivity contribution in [3.05, 3.63) is 65.6 Å².